The molecule has 1 amide bonds. The van der Waals surface area contributed by atoms with Crippen molar-refractivity contribution in [2.45, 2.75) is 25.7 Å². The molecule has 0 saturated carbocycles. The number of aliphatic hydroxyl groups excluding tert-OH is 1. The molecule has 2 atom stereocenters. The highest BCUT2D eigenvalue weighted by Crippen LogP contribution is 2.02. The van der Waals surface area contributed by atoms with Gasteiger partial charge in [0.05, 0.1) is 13.2 Å². The second-order valence-corrected chi connectivity index (χ2v) is 3.95. The van der Waals surface area contributed by atoms with E-state index in [1.165, 1.54) is 14.0 Å². The smallest absolute Gasteiger partial charge is 0.408 e. The fourth-order valence-corrected chi connectivity index (χ4v) is 1.40. The van der Waals surface area contributed by atoms with Gasteiger partial charge in [-0.1, -0.05) is 30.3 Å². The maximum Gasteiger partial charge on any atom is 0.408 e. The first-order valence-corrected chi connectivity index (χ1v) is 5.77. The van der Waals surface area contributed by atoms with E-state index in [-0.39, 0.29) is 6.61 Å². The van der Waals surface area contributed by atoms with Gasteiger partial charge < -0.3 is 19.9 Å². The Morgan fingerprint density at radius 3 is 2.47 bits per heavy atom. The van der Waals surface area contributed by atoms with Crippen LogP contribution in [0.4, 0.5) is 4.79 Å². The Kier molecular flexibility index (Phi) is 5.81. The van der Waals surface area contributed by atoms with Crippen molar-refractivity contribution in [2.24, 2.45) is 0 Å². The van der Waals surface area contributed by atoms with Crippen LogP contribution in [0.25, 0.3) is 0 Å². The maximum absolute atomic E-state index is 11.5. The van der Waals surface area contributed by atoms with Crippen molar-refractivity contribution in [3.63, 3.8) is 0 Å². The highest BCUT2D eigenvalue weighted by molar-refractivity contribution is 5.81. The van der Waals surface area contributed by atoms with E-state index >= 15 is 0 Å². The lowest BCUT2D eigenvalue weighted by molar-refractivity contribution is -0.145. The first-order chi connectivity index (χ1) is 9.04. The number of rotatable bonds is 5. The van der Waals surface area contributed by atoms with Gasteiger partial charge in [0.25, 0.3) is 0 Å². The van der Waals surface area contributed by atoms with E-state index in [0.717, 1.165) is 5.56 Å². The number of carbonyl (C=O) groups is 2. The van der Waals surface area contributed by atoms with Crippen LogP contribution in [0.3, 0.4) is 0 Å². The number of nitrogens with one attached hydrogen (secondary N) is 1. The first kappa shape index (κ1) is 15.0. The van der Waals surface area contributed by atoms with Crippen LogP contribution >= 0.6 is 0 Å². The van der Waals surface area contributed by atoms with Gasteiger partial charge in [0.2, 0.25) is 0 Å². The van der Waals surface area contributed by atoms with E-state index in [9.17, 15) is 14.7 Å². The molecule has 19 heavy (non-hydrogen) atoms. The van der Waals surface area contributed by atoms with Crippen LogP contribution in [0.2, 0.25) is 0 Å². The highest BCUT2D eigenvalue weighted by Gasteiger charge is 2.26. The molecule has 1 unspecified atom stereocenters. The Balaban J connectivity index is 2.47. The summed E-state index contributed by atoms with van der Waals surface area (Å²) in [7, 11) is 1.18. The monoisotopic (exact) mass is 267 g/mol. The molecule has 0 radical (unpaired) electrons. The molecular weight excluding hydrogens is 250 g/mol. The van der Waals surface area contributed by atoms with Crippen LogP contribution in [0, 0.1) is 0 Å². The fourth-order valence-electron chi connectivity index (χ4n) is 1.40. The molecule has 0 aromatic heterocycles. The predicted octanol–water partition coefficient (Wildman–Crippen LogP) is 0.835. The molecule has 0 saturated heterocycles. The number of carbonyl (C=O) groups excluding carboxylic acids is 2. The zero-order chi connectivity index (χ0) is 14.3. The van der Waals surface area contributed by atoms with Gasteiger partial charge in [-0.3, -0.25) is 0 Å². The van der Waals surface area contributed by atoms with Crippen molar-refractivity contribution in [1.29, 1.82) is 0 Å². The van der Waals surface area contributed by atoms with Crippen LogP contribution in [0.15, 0.2) is 30.3 Å². The molecule has 0 aliphatic heterocycles. The van der Waals surface area contributed by atoms with Gasteiger partial charge >= 0.3 is 12.1 Å². The van der Waals surface area contributed by atoms with Gasteiger partial charge in [-0.25, -0.2) is 9.59 Å². The van der Waals surface area contributed by atoms with Crippen molar-refractivity contribution < 1.29 is 24.2 Å². The Morgan fingerprint density at radius 1 is 1.32 bits per heavy atom. The largest absolute Gasteiger partial charge is 0.467 e. The van der Waals surface area contributed by atoms with E-state index in [1.807, 2.05) is 18.2 Å². The first-order valence-electron chi connectivity index (χ1n) is 5.77. The summed E-state index contributed by atoms with van der Waals surface area (Å²) in [6, 6.07) is 7.96. The summed E-state index contributed by atoms with van der Waals surface area (Å²) in [4.78, 5) is 22.8. The average Bonchev–Trinajstić information content (AvgIpc) is 2.42. The Hall–Kier alpha value is -2.08. The van der Waals surface area contributed by atoms with Gasteiger partial charge in [0.15, 0.2) is 6.04 Å². The van der Waals surface area contributed by atoms with Crippen LogP contribution in [-0.2, 0) is 20.9 Å². The molecule has 0 heterocycles. The second kappa shape index (κ2) is 7.38. The van der Waals surface area contributed by atoms with Gasteiger partial charge in [-0.2, -0.15) is 0 Å². The van der Waals surface area contributed by atoms with Crippen molar-refractivity contribution >= 4 is 12.1 Å². The predicted molar refractivity (Wildman–Crippen MR) is 67.2 cm³/mol. The number of ether oxygens (including phenoxy) is 2. The van der Waals surface area contributed by atoms with Crippen LogP contribution in [0.1, 0.15) is 12.5 Å². The topological polar surface area (TPSA) is 84.9 Å². The molecular formula is C13H17NO5. The lowest BCUT2D eigenvalue weighted by Gasteiger charge is -2.18. The lowest BCUT2D eigenvalue weighted by atomic mass is 10.2. The molecule has 6 nitrogen and oxygen atoms in total. The lowest BCUT2D eigenvalue weighted by Crippen LogP contribution is -2.48. The van der Waals surface area contributed by atoms with Crippen LogP contribution in [-0.4, -0.2) is 36.4 Å². The number of benzene rings is 1. The molecule has 0 bridgehead atoms. The number of hydrogen-bond donors (Lipinski definition) is 2. The number of hydrogen-bond acceptors (Lipinski definition) is 5. The van der Waals surface area contributed by atoms with E-state index < -0.39 is 24.2 Å². The molecule has 0 aliphatic carbocycles. The molecule has 6 heteroatoms. The van der Waals surface area contributed by atoms with Crippen LogP contribution < -0.4 is 5.32 Å². The molecule has 104 valence electrons. The normalized spacial score (nSPS) is 13.2. The third-order valence-electron chi connectivity index (χ3n) is 2.42. The number of amides is 1. The van der Waals surface area contributed by atoms with Crippen molar-refractivity contribution in [3.05, 3.63) is 35.9 Å². The summed E-state index contributed by atoms with van der Waals surface area (Å²) >= 11 is 0. The van der Waals surface area contributed by atoms with Gasteiger partial charge in [-0.05, 0) is 12.5 Å². The molecule has 1 aromatic carbocycles. The minimum atomic E-state index is -1.15. The summed E-state index contributed by atoms with van der Waals surface area (Å²) in [5.74, 6) is -0.730. The number of methoxy groups -OCH3 is 1. The molecule has 1 aromatic rings. The molecule has 1 rings (SSSR count). The summed E-state index contributed by atoms with van der Waals surface area (Å²) < 4.78 is 9.40. The summed E-state index contributed by atoms with van der Waals surface area (Å²) in [5, 5.41) is 11.6. The maximum atomic E-state index is 11.5. The summed E-state index contributed by atoms with van der Waals surface area (Å²) in [6.45, 7) is 1.46. The minimum absolute atomic E-state index is 0.0837. The Morgan fingerprint density at radius 2 is 1.95 bits per heavy atom. The number of esters is 1. The van der Waals surface area contributed by atoms with Crippen molar-refractivity contribution in [1.82, 2.24) is 5.32 Å². The standard InChI is InChI=1S/C13H17NO5/c1-9(15)11(12(16)18-2)14-13(17)19-8-10-6-4-3-5-7-10/h3-7,9,11,15H,8H2,1-2H3,(H,14,17)/t9?,11-/m0/s1. The SMILES string of the molecule is COC(=O)[C@@H](NC(=O)OCc1ccccc1)C(C)O. The number of alkyl carbamates (subject to hydrolysis) is 1. The number of aliphatic hydroxyl groups is 1. The summed E-state index contributed by atoms with van der Waals surface area (Å²) in [6.07, 6.45) is -1.86. The molecule has 0 spiro atoms. The Bertz CT molecular complexity index is 418. The zero-order valence-electron chi connectivity index (χ0n) is 10.8. The zero-order valence-corrected chi connectivity index (χ0v) is 10.8. The van der Waals surface area contributed by atoms with E-state index in [1.54, 1.807) is 12.1 Å². The third kappa shape index (κ3) is 4.97. The van der Waals surface area contributed by atoms with Crippen molar-refractivity contribution in [3.8, 4) is 0 Å². The highest BCUT2D eigenvalue weighted by atomic mass is 16.6. The van der Waals surface area contributed by atoms with E-state index in [0.29, 0.717) is 0 Å². The van der Waals surface area contributed by atoms with Crippen LogP contribution in [0.5, 0.6) is 0 Å². The van der Waals surface area contributed by atoms with Gasteiger partial charge in [-0.15, -0.1) is 0 Å². The van der Waals surface area contributed by atoms with E-state index in [4.69, 9.17) is 4.74 Å². The minimum Gasteiger partial charge on any atom is -0.467 e. The average molecular weight is 267 g/mol. The molecule has 0 aliphatic rings. The molecule has 2 N–H and O–H groups in total. The summed E-state index contributed by atoms with van der Waals surface area (Å²) in [5.41, 5.74) is 0.823. The van der Waals surface area contributed by atoms with Gasteiger partial charge in [0.1, 0.15) is 6.61 Å². The molecule has 0 fully saturated rings. The Labute approximate surface area is 111 Å². The fraction of sp³-hybridized carbons (Fsp3) is 0.385. The van der Waals surface area contributed by atoms with Gasteiger partial charge in [0, 0.05) is 0 Å². The van der Waals surface area contributed by atoms with E-state index in [2.05, 4.69) is 10.1 Å². The third-order valence-corrected chi connectivity index (χ3v) is 2.42. The second-order valence-electron chi connectivity index (χ2n) is 3.95. The quantitative estimate of drug-likeness (QED) is 0.772. The van der Waals surface area contributed by atoms with Crippen molar-refractivity contribution in [2.75, 3.05) is 7.11 Å².